The summed E-state index contributed by atoms with van der Waals surface area (Å²) in [6, 6.07) is 8.10. The summed E-state index contributed by atoms with van der Waals surface area (Å²) in [7, 11) is 0. The minimum atomic E-state index is 0.257. The average Bonchev–Trinajstić information content (AvgIpc) is 2.43. The summed E-state index contributed by atoms with van der Waals surface area (Å²) < 4.78 is 11.3. The van der Waals surface area contributed by atoms with Gasteiger partial charge in [-0.25, -0.2) is 0 Å². The van der Waals surface area contributed by atoms with Crippen LogP contribution in [-0.4, -0.2) is 25.9 Å². The summed E-state index contributed by atoms with van der Waals surface area (Å²) in [6.07, 6.45) is 3.59. The van der Waals surface area contributed by atoms with E-state index in [9.17, 15) is 0 Å². The first-order valence-corrected chi connectivity index (χ1v) is 7.34. The summed E-state index contributed by atoms with van der Waals surface area (Å²) in [5, 5.41) is 3.35. The Morgan fingerprint density at radius 1 is 1.21 bits per heavy atom. The molecule has 0 aliphatic rings. The van der Waals surface area contributed by atoms with Crippen LogP contribution in [0.4, 0.5) is 5.69 Å². The summed E-state index contributed by atoms with van der Waals surface area (Å²) in [5.41, 5.74) is 1.08. The van der Waals surface area contributed by atoms with E-state index in [2.05, 4.69) is 32.2 Å². The molecule has 0 heterocycles. The second-order valence-corrected chi connectivity index (χ2v) is 4.76. The minimum Gasteiger partial charge on any atom is -0.491 e. The van der Waals surface area contributed by atoms with Gasteiger partial charge >= 0.3 is 0 Å². The van der Waals surface area contributed by atoms with Gasteiger partial charge in [0.05, 0.1) is 12.7 Å². The molecule has 0 radical (unpaired) electrons. The standard InChI is InChI=1S/C16H27NO2/c1-4-6-11-18-12-10-17-15-8-7-9-16(13-15)19-14(3)5-2/h7-9,13-14,17H,4-6,10-12H2,1-3H3. The lowest BCUT2D eigenvalue weighted by atomic mass is 10.2. The monoisotopic (exact) mass is 265 g/mol. The quantitative estimate of drug-likeness (QED) is 0.646. The van der Waals surface area contributed by atoms with Gasteiger partial charge in [-0.05, 0) is 31.9 Å². The molecule has 0 aliphatic carbocycles. The van der Waals surface area contributed by atoms with Crippen molar-refractivity contribution in [3.05, 3.63) is 24.3 Å². The number of rotatable bonds is 10. The molecule has 1 atom stereocenters. The van der Waals surface area contributed by atoms with Gasteiger partial charge in [0.2, 0.25) is 0 Å². The molecule has 0 spiro atoms. The second kappa shape index (κ2) is 9.68. The molecule has 0 bridgehead atoms. The molecule has 3 heteroatoms. The smallest absolute Gasteiger partial charge is 0.121 e. The van der Waals surface area contributed by atoms with E-state index in [1.807, 2.05) is 18.2 Å². The highest BCUT2D eigenvalue weighted by atomic mass is 16.5. The normalized spacial score (nSPS) is 12.2. The van der Waals surface area contributed by atoms with Crippen molar-refractivity contribution >= 4 is 5.69 Å². The van der Waals surface area contributed by atoms with Gasteiger partial charge in [0.1, 0.15) is 5.75 Å². The predicted molar refractivity (Wildman–Crippen MR) is 81.0 cm³/mol. The molecule has 0 fully saturated rings. The van der Waals surface area contributed by atoms with E-state index in [0.717, 1.165) is 44.0 Å². The van der Waals surface area contributed by atoms with Gasteiger partial charge < -0.3 is 14.8 Å². The molecule has 0 aliphatic heterocycles. The SMILES string of the molecule is CCCCOCCNc1cccc(OC(C)CC)c1. The van der Waals surface area contributed by atoms with Crippen molar-refractivity contribution in [3.8, 4) is 5.75 Å². The van der Waals surface area contributed by atoms with Crippen LogP contribution in [0.3, 0.4) is 0 Å². The van der Waals surface area contributed by atoms with E-state index < -0.39 is 0 Å². The summed E-state index contributed by atoms with van der Waals surface area (Å²) in [5.74, 6) is 0.922. The van der Waals surface area contributed by atoms with E-state index in [4.69, 9.17) is 9.47 Å². The molecular formula is C16H27NO2. The van der Waals surface area contributed by atoms with Gasteiger partial charge in [-0.1, -0.05) is 26.3 Å². The maximum atomic E-state index is 5.79. The average molecular weight is 265 g/mol. The number of anilines is 1. The molecule has 0 saturated heterocycles. The number of unbranched alkanes of at least 4 members (excludes halogenated alkanes) is 1. The Hall–Kier alpha value is -1.22. The zero-order valence-corrected chi connectivity index (χ0v) is 12.4. The van der Waals surface area contributed by atoms with Crippen molar-refractivity contribution < 1.29 is 9.47 Å². The molecule has 1 aromatic rings. The maximum absolute atomic E-state index is 5.79. The lowest BCUT2D eigenvalue weighted by molar-refractivity contribution is 0.141. The fourth-order valence-corrected chi connectivity index (χ4v) is 1.61. The van der Waals surface area contributed by atoms with Crippen LogP contribution in [0.2, 0.25) is 0 Å². The Labute approximate surface area is 117 Å². The highest BCUT2D eigenvalue weighted by molar-refractivity contribution is 5.48. The third kappa shape index (κ3) is 7.06. The van der Waals surface area contributed by atoms with Crippen LogP contribution in [0.1, 0.15) is 40.0 Å². The predicted octanol–water partition coefficient (Wildman–Crippen LogP) is 4.09. The highest BCUT2D eigenvalue weighted by Gasteiger charge is 2.01. The lowest BCUT2D eigenvalue weighted by Gasteiger charge is -2.14. The Kier molecular flexibility index (Phi) is 8.07. The van der Waals surface area contributed by atoms with Crippen molar-refractivity contribution in [2.45, 2.75) is 46.1 Å². The molecule has 0 aromatic heterocycles. The van der Waals surface area contributed by atoms with Gasteiger partial charge in [0.25, 0.3) is 0 Å². The van der Waals surface area contributed by atoms with Crippen LogP contribution < -0.4 is 10.1 Å². The van der Waals surface area contributed by atoms with Crippen LogP contribution >= 0.6 is 0 Å². The Morgan fingerprint density at radius 2 is 2.05 bits per heavy atom. The molecular weight excluding hydrogens is 238 g/mol. The van der Waals surface area contributed by atoms with Crippen molar-refractivity contribution in [1.29, 1.82) is 0 Å². The fraction of sp³-hybridized carbons (Fsp3) is 0.625. The van der Waals surface area contributed by atoms with E-state index in [1.165, 1.54) is 6.42 Å². The molecule has 1 unspecified atom stereocenters. The second-order valence-electron chi connectivity index (χ2n) is 4.76. The molecule has 3 nitrogen and oxygen atoms in total. The first-order chi connectivity index (χ1) is 9.26. The van der Waals surface area contributed by atoms with Gasteiger partial charge in [-0.3, -0.25) is 0 Å². The third-order valence-electron chi connectivity index (χ3n) is 2.96. The molecule has 108 valence electrons. The van der Waals surface area contributed by atoms with Crippen molar-refractivity contribution in [2.75, 3.05) is 25.1 Å². The first kappa shape index (κ1) is 15.8. The number of benzene rings is 1. The Bertz CT molecular complexity index is 341. The van der Waals surface area contributed by atoms with E-state index in [-0.39, 0.29) is 6.10 Å². The van der Waals surface area contributed by atoms with Gasteiger partial charge in [-0.2, -0.15) is 0 Å². The molecule has 0 saturated carbocycles. The van der Waals surface area contributed by atoms with Crippen LogP contribution in [0.5, 0.6) is 5.75 Å². The largest absolute Gasteiger partial charge is 0.491 e. The highest BCUT2D eigenvalue weighted by Crippen LogP contribution is 2.18. The number of hydrogen-bond acceptors (Lipinski definition) is 3. The zero-order chi connectivity index (χ0) is 13.9. The van der Waals surface area contributed by atoms with Crippen LogP contribution in [0, 0.1) is 0 Å². The van der Waals surface area contributed by atoms with Crippen molar-refractivity contribution in [1.82, 2.24) is 0 Å². The summed E-state index contributed by atoms with van der Waals surface area (Å²) in [4.78, 5) is 0. The number of nitrogens with one attached hydrogen (secondary N) is 1. The van der Waals surface area contributed by atoms with Gasteiger partial charge in [0.15, 0.2) is 0 Å². The fourth-order valence-electron chi connectivity index (χ4n) is 1.61. The van der Waals surface area contributed by atoms with Gasteiger partial charge in [0, 0.05) is 24.9 Å². The Morgan fingerprint density at radius 3 is 2.79 bits per heavy atom. The van der Waals surface area contributed by atoms with E-state index >= 15 is 0 Å². The summed E-state index contributed by atoms with van der Waals surface area (Å²) >= 11 is 0. The first-order valence-electron chi connectivity index (χ1n) is 7.34. The van der Waals surface area contributed by atoms with Crippen LogP contribution in [0.25, 0.3) is 0 Å². The molecule has 1 rings (SSSR count). The minimum absolute atomic E-state index is 0.257. The van der Waals surface area contributed by atoms with Crippen LogP contribution in [-0.2, 0) is 4.74 Å². The lowest BCUT2D eigenvalue weighted by Crippen LogP contribution is -2.11. The molecule has 1 N–H and O–H groups in total. The number of hydrogen-bond donors (Lipinski definition) is 1. The number of ether oxygens (including phenoxy) is 2. The van der Waals surface area contributed by atoms with E-state index in [0.29, 0.717) is 0 Å². The molecule has 0 amide bonds. The van der Waals surface area contributed by atoms with Crippen molar-refractivity contribution in [3.63, 3.8) is 0 Å². The Balaban J connectivity index is 2.28. The maximum Gasteiger partial charge on any atom is 0.121 e. The third-order valence-corrected chi connectivity index (χ3v) is 2.96. The van der Waals surface area contributed by atoms with Crippen molar-refractivity contribution in [2.24, 2.45) is 0 Å². The molecule has 19 heavy (non-hydrogen) atoms. The van der Waals surface area contributed by atoms with Crippen LogP contribution in [0.15, 0.2) is 24.3 Å². The van der Waals surface area contributed by atoms with Gasteiger partial charge in [-0.15, -0.1) is 0 Å². The van der Waals surface area contributed by atoms with E-state index in [1.54, 1.807) is 0 Å². The molecule has 1 aromatic carbocycles. The summed E-state index contributed by atoms with van der Waals surface area (Å²) in [6.45, 7) is 8.81. The topological polar surface area (TPSA) is 30.5 Å². The zero-order valence-electron chi connectivity index (χ0n) is 12.4.